The maximum atomic E-state index is 14.5. The SMILES string of the molecule is O=C1C[C@]2(C(=O)NS(=O)(=O)C3CC3)C[C@H]2/C=C\CCCCC[C@H](Cc2ccccc2)C(=O)N2C[C@H](Oc3nc4ccc(Cl)cc4s3)C[C@@H]12. The lowest BCUT2D eigenvalue weighted by atomic mass is 9.90. The number of aromatic nitrogens is 1. The lowest BCUT2D eigenvalue weighted by molar-refractivity contribution is -0.142. The van der Waals surface area contributed by atoms with E-state index in [0.29, 0.717) is 42.3 Å². The standard InChI is InChI=1S/C36H40ClN3O6S2/c37-26-13-16-29-32(18-26)47-35(38-29)46-27-19-30-31(41)21-36(34(43)39-48(44,45)28-14-15-28)20-25(36)12-8-3-1-2-7-11-24(33(42)40(30)22-27)17-23-9-5-4-6-10-23/h4-6,8-10,12-13,16,18,24-25,27-28,30H,1-3,7,11,14-15,17,19-22H2,(H,39,43)/b12-8-/t24-,25-,27-,30+,36-/m1/s1. The van der Waals surface area contributed by atoms with Gasteiger partial charge in [-0.1, -0.05) is 78.3 Å². The van der Waals surface area contributed by atoms with E-state index < -0.39 is 38.7 Å². The fraction of sp³-hybridized carbons (Fsp3) is 0.500. The van der Waals surface area contributed by atoms with Crippen LogP contribution in [-0.2, 0) is 30.8 Å². The zero-order valence-corrected chi connectivity index (χ0v) is 29.1. The van der Waals surface area contributed by atoms with Crippen molar-refractivity contribution < 1.29 is 27.5 Å². The Morgan fingerprint density at radius 1 is 1.08 bits per heavy atom. The molecule has 2 aliphatic heterocycles. The number of sulfonamides is 1. The van der Waals surface area contributed by atoms with Crippen molar-refractivity contribution in [1.82, 2.24) is 14.6 Å². The topological polar surface area (TPSA) is 123 Å². The predicted molar refractivity (Wildman–Crippen MR) is 185 cm³/mol. The van der Waals surface area contributed by atoms with Crippen LogP contribution in [0.25, 0.3) is 10.2 Å². The van der Waals surface area contributed by atoms with E-state index in [9.17, 15) is 22.8 Å². The van der Waals surface area contributed by atoms with E-state index >= 15 is 0 Å². The first-order chi connectivity index (χ1) is 23.1. The van der Waals surface area contributed by atoms with Gasteiger partial charge in [-0.05, 0) is 74.6 Å². The van der Waals surface area contributed by atoms with Gasteiger partial charge in [-0.25, -0.2) is 13.4 Å². The lowest BCUT2D eigenvalue weighted by Gasteiger charge is -2.29. The molecule has 9 nitrogen and oxygen atoms in total. The number of carbonyl (C=O) groups excluding carboxylic acids is 3. The second-order valence-electron chi connectivity index (χ2n) is 13.8. The monoisotopic (exact) mass is 709 g/mol. The fourth-order valence-corrected chi connectivity index (χ4v) is 9.83. The molecule has 5 atom stereocenters. The van der Waals surface area contributed by atoms with Crippen molar-refractivity contribution in [1.29, 1.82) is 0 Å². The molecule has 48 heavy (non-hydrogen) atoms. The molecule has 3 heterocycles. The summed E-state index contributed by atoms with van der Waals surface area (Å²) in [6, 6.07) is 14.6. The number of allylic oxidation sites excluding steroid dienone is 2. The van der Waals surface area contributed by atoms with Crippen molar-refractivity contribution in [3.05, 3.63) is 71.3 Å². The molecule has 254 valence electrons. The third-order valence-corrected chi connectivity index (χ3v) is 13.2. The van der Waals surface area contributed by atoms with Crippen LogP contribution in [0.4, 0.5) is 0 Å². The Morgan fingerprint density at radius 2 is 1.90 bits per heavy atom. The average Bonchev–Trinajstić information content (AvgIpc) is 3.95. The number of ether oxygens (including phenoxy) is 1. The van der Waals surface area contributed by atoms with Crippen molar-refractivity contribution >= 4 is 60.8 Å². The van der Waals surface area contributed by atoms with Crippen LogP contribution in [0.15, 0.2) is 60.7 Å². The predicted octanol–water partition coefficient (Wildman–Crippen LogP) is 6.25. The number of Topliss-reactive ketones (excluding diaryl/α,β-unsaturated/α-hetero) is 1. The Bertz CT molecular complexity index is 1840. The molecule has 1 aromatic heterocycles. The minimum Gasteiger partial charge on any atom is -0.465 e. The molecule has 12 heteroatoms. The number of halogens is 1. The number of rotatable bonds is 7. The summed E-state index contributed by atoms with van der Waals surface area (Å²) in [5, 5.41) is 0.486. The highest BCUT2D eigenvalue weighted by Crippen LogP contribution is 2.57. The van der Waals surface area contributed by atoms with Crippen molar-refractivity contribution in [3.63, 3.8) is 0 Å². The molecule has 2 aromatic carbocycles. The summed E-state index contributed by atoms with van der Waals surface area (Å²) in [7, 11) is -3.78. The highest BCUT2D eigenvalue weighted by Gasteiger charge is 2.61. The van der Waals surface area contributed by atoms with Gasteiger partial charge in [0, 0.05) is 23.8 Å². The van der Waals surface area contributed by atoms with Gasteiger partial charge in [0.2, 0.25) is 21.8 Å². The molecule has 0 spiro atoms. The maximum Gasteiger partial charge on any atom is 0.274 e. The number of nitrogens with zero attached hydrogens (tertiary/aromatic N) is 2. The van der Waals surface area contributed by atoms with Crippen molar-refractivity contribution in [2.75, 3.05) is 6.54 Å². The number of hydrogen-bond acceptors (Lipinski definition) is 8. The molecule has 0 unspecified atom stereocenters. The number of fused-ring (bicyclic) bond motifs is 3. The minimum absolute atomic E-state index is 0.0884. The van der Waals surface area contributed by atoms with Crippen LogP contribution < -0.4 is 9.46 Å². The first-order valence-corrected chi connectivity index (χ1v) is 19.7. The van der Waals surface area contributed by atoms with E-state index in [4.69, 9.17) is 16.3 Å². The summed E-state index contributed by atoms with van der Waals surface area (Å²) in [4.78, 5) is 48.8. The second kappa shape index (κ2) is 13.6. The quantitative estimate of drug-likeness (QED) is 0.288. The number of amides is 2. The summed E-state index contributed by atoms with van der Waals surface area (Å²) in [5.74, 6) is -1.50. The van der Waals surface area contributed by atoms with Gasteiger partial charge < -0.3 is 9.64 Å². The van der Waals surface area contributed by atoms with Crippen LogP contribution in [0, 0.1) is 17.3 Å². The van der Waals surface area contributed by atoms with Crippen molar-refractivity contribution in [2.45, 2.75) is 88.0 Å². The summed E-state index contributed by atoms with van der Waals surface area (Å²) < 4.78 is 35.1. The molecule has 0 bridgehead atoms. The normalized spacial score (nSPS) is 29.0. The van der Waals surface area contributed by atoms with Gasteiger partial charge in [-0.2, -0.15) is 0 Å². The van der Waals surface area contributed by atoms with E-state index in [2.05, 4.69) is 15.8 Å². The Morgan fingerprint density at radius 3 is 2.69 bits per heavy atom. The molecule has 2 saturated carbocycles. The van der Waals surface area contributed by atoms with Crippen LogP contribution in [0.5, 0.6) is 5.19 Å². The Hall–Kier alpha value is -3.28. The van der Waals surface area contributed by atoms with Gasteiger partial charge in [-0.15, -0.1) is 0 Å². The average molecular weight is 710 g/mol. The van der Waals surface area contributed by atoms with Crippen LogP contribution in [-0.4, -0.2) is 59.8 Å². The van der Waals surface area contributed by atoms with E-state index in [1.54, 1.807) is 11.0 Å². The van der Waals surface area contributed by atoms with Crippen LogP contribution >= 0.6 is 22.9 Å². The molecule has 1 N–H and O–H groups in total. The largest absolute Gasteiger partial charge is 0.465 e. The summed E-state index contributed by atoms with van der Waals surface area (Å²) in [6.07, 6.45) is 10.0. The third-order valence-electron chi connectivity index (χ3n) is 10.3. The molecule has 7 rings (SSSR count). The zero-order valence-electron chi connectivity index (χ0n) is 26.7. The number of hydrogen-bond donors (Lipinski definition) is 1. The zero-order chi connectivity index (χ0) is 33.5. The van der Waals surface area contributed by atoms with Crippen LogP contribution in [0.2, 0.25) is 5.02 Å². The molecule has 2 aliphatic carbocycles. The molecule has 3 aromatic rings. The van der Waals surface area contributed by atoms with Crippen molar-refractivity contribution in [3.8, 4) is 5.19 Å². The van der Waals surface area contributed by atoms with Gasteiger partial charge in [0.25, 0.3) is 5.19 Å². The molecular weight excluding hydrogens is 670 g/mol. The maximum absolute atomic E-state index is 14.5. The smallest absolute Gasteiger partial charge is 0.274 e. The molecule has 1 saturated heterocycles. The number of nitrogens with one attached hydrogen (secondary N) is 1. The van der Waals surface area contributed by atoms with Crippen molar-refractivity contribution in [2.24, 2.45) is 17.3 Å². The van der Waals surface area contributed by atoms with E-state index in [0.717, 1.165) is 41.5 Å². The Kier molecular flexibility index (Phi) is 9.38. The number of benzene rings is 2. The first kappa shape index (κ1) is 33.2. The van der Waals surface area contributed by atoms with Gasteiger partial charge >= 0.3 is 0 Å². The number of thiazole rings is 1. The van der Waals surface area contributed by atoms with E-state index in [1.807, 2.05) is 48.5 Å². The first-order valence-electron chi connectivity index (χ1n) is 16.9. The van der Waals surface area contributed by atoms with E-state index in [1.165, 1.54) is 11.3 Å². The van der Waals surface area contributed by atoms with E-state index in [-0.39, 0.29) is 42.9 Å². The molecule has 2 amide bonds. The minimum atomic E-state index is -3.78. The third kappa shape index (κ3) is 7.19. The van der Waals surface area contributed by atoms with Crippen LogP contribution in [0.3, 0.4) is 0 Å². The van der Waals surface area contributed by atoms with Gasteiger partial charge in [-0.3, -0.25) is 19.1 Å². The summed E-state index contributed by atoms with van der Waals surface area (Å²) >= 11 is 7.55. The Labute approximate surface area is 290 Å². The lowest BCUT2D eigenvalue weighted by Crippen LogP contribution is -2.46. The number of ketones is 1. The summed E-state index contributed by atoms with van der Waals surface area (Å²) in [6.45, 7) is 0.218. The fourth-order valence-electron chi connectivity index (χ4n) is 7.29. The number of carbonyl (C=O) groups is 3. The van der Waals surface area contributed by atoms with Gasteiger partial charge in [0.15, 0.2) is 5.78 Å². The Balaban J connectivity index is 1.18. The molecule has 3 fully saturated rings. The highest BCUT2D eigenvalue weighted by molar-refractivity contribution is 7.90. The summed E-state index contributed by atoms with van der Waals surface area (Å²) in [5.41, 5.74) is 0.663. The molecular formula is C36H40ClN3O6S2. The van der Waals surface area contributed by atoms with Crippen LogP contribution in [0.1, 0.15) is 69.8 Å². The van der Waals surface area contributed by atoms with Gasteiger partial charge in [0.05, 0.1) is 33.5 Å². The molecule has 4 aliphatic rings. The molecule has 0 radical (unpaired) electrons. The second-order valence-corrected chi connectivity index (χ2v) is 17.2. The highest BCUT2D eigenvalue weighted by atomic mass is 35.5. The van der Waals surface area contributed by atoms with Gasteiger partial charge in [0.1, 0.15) is 6.10 Å².